The van der Waals surface area contributed by atoms with Gasteiger partial charge in [-0.2, -0.15) is 0 Å². The average Bonchev–Trinajstić information content (AvgIpc) is 2.92. The normalized spacial score (nSPS) is 23.9. The van der Waals surface area contributed by atoms with E-state index < -0.39 is 55.4 Å². The van der Waals surface area contributed by atoms with Crippen molar-refractivity contribution in [3.8, 4) is 0 Å². The minimum atomic E-state index is -1.58. The van der Waals surface area contributed by atoms with Gasteiger partial charge in [0, 0.05) is 12.8 Å². The fourth-order valence-corrected chi connectivity index (χ4v) is 4.48. The van der Waals surface area contributed by atoms with Gasteiger partial charge < -0.3 is 39.4 Å². The second-order valence-electron chi connectivity index (χ2n) is 10.6. The Labute approximate surface area is 234 Å². The van der Waals surface area contributed by atoms with E-state index >= 15 is 0 Å². The van der Waals surface area contributed by atoms with Gasteiger partial charge in [-0.1, -0.05) is 90.9 Å². The number of aliphatic hydroxyl groups excluding tert-OH is 4. The van der Waals surface area contributed by atoms with Gasteiger partial charge >= 0.3 is 11.9 Å². The lowest BCUT2D eigenvalue weighted by atomic mass is 9.99. The highest BCUT2D eigenvalue weighted by Gasteiger charge is 2.44. The topological polar surface area (TPSA) is 152 Å². The molecule has 1 aliphatic rings. The maximum absolute atomic E-state index is 12.5. The van der Waals surface area contributed by atoms with Gasteiger partial charge in [0.05, 0.1) is 13.2 Å². The number of hydrogen-bond donors (Lipinski definition) is 4. The fourth-order valence-electron chi connectivity index (χ4n) is 4.48. The van der Waals surface area contributed by atoms with E-state index in [4.69, 9.17) is 18.9 Å². The highest BCUT2D eigenvalue weighted by atomic mass is 16.7. The third kappa shape index (κ3) is 15.9. The molecule has 0 amide bonds. The molecule has 0 saturated carbocycles. The van der Waals surface area contributed by atoms with E-state index in [-0.39, 0.29) is 26.1 Å². The number of ether oxygens (including phenoxy) is 4. The molecule has 39 heavy (non-hydrogen) atoms. The van der Waals surface area contributed by atoms with Crippen LogP contribution >= 0.6 is 0 Å². The lowest BCUT2D eigenvalue weighted by Crippen LogP contribution is -2.59. The van der Waals surface area contributed by atoms with Crippen LogP contribution in [-0.4, -0.2) is 89.0 Å². The Hall–Kier alpha value is -1.30. The number of esters is 2. The zero-order chi connectivity index (χ0) is 28.9. The first-order chi connectivity index (χ1) is 18.8. The van der Waals surface area contributed by atoms with Crippen LogP contribution in [-0.2, 0) is 28.5 Å². The SMILES string of the molecule is CCCCCCCCCCCCCC(=O)O[C@H](COC(=O)CCCCC)CO[C@@H]1O[C@H](CO)[C@H](O)[C@H](O)[C@H]1O. The van der Waals surface area contributed by atoms with Gasteiger partial charge in [-0.15, -0.1) is 0 Å². The maximum atomic E-state index is 12.5. The predicted octanol–water partition coefficient (Wildman–Crippen LogP) is 3.54. The van der Waals surface area contributed by atoms with Crippen LogP contribution in [0.2, 0.25) is 0 Å². The summed E-state index contributed by atoms with van der Waals surface area (Å²) < 4.78 is 21.7. The molecule has 4 N–H and O–H groups in total. The lowest BCUT2D eigenvalue weighted by molar-refractivity contribution is -0.305. The summed E-state index contributed by atoms with van der Waals surface area (Å²) in [6.07, 6.45) is 7.86. The first-order valence-electron chi connectivity index (χ1n) is 15.1. The Morgan fingerprint density at radius 2 is 1.21 bits per heavy atom. The quantitative estimate of drug-likeness (QED) is 0.107. The second kappa shape index (κ2) is 22.4. The van der Waals surface area contributed by atoms with Crippen LogP contribution in [0.4, 0.5) is 0 Å². The Bertz CT molecular complexity index is 629. The van der Waals surface area contributed by atoms with Gasteiger partial charge in [0.2, 0.25) is 0 Å². The summed E-state index contributed by atoms with van der Waals surface area (Å²) in [6.45, 7) is 3.18. The van der Waals surface area contributed by atoms with Crippen LogP contribution in [0.1, 0.15) is 117 Å². The van der Waals surface area contributed by atoms with Crippen molar-refractivity contribution < 1.29 is 49.0 Å². The van der Waals surface area contributed by atoms with Gasteiger partial charge in [-0.25, -0.2) is 0 Å². The van der Waals surface area contributed by atoms with E-state index in [2.05, 4.69) is 6.92 Å². The van der Waals surface area contributed by atoms with Gasteiger partial charge in [0.15, 0.2) is 12.4 Å². The van der Waals surface area contributed by atoms with Crippen LogP contribution < -0.4 is 0 Å². The van der Waals surface area contributed by atoms with E-state index in [1.54, 1.807) is 0 Å². The summed E-state index contributed by atoms with van der Waals surface area (Å²) in [5, 5.41) is 39.4. The molecular weight excluding hydrogens is 508 g/mol. The highest BCUT2D eigenvalue weighted by molar-refractivity contribution is 5.70. The number of aliphatic hydroxyl groups is 4. The lowest BCUT2D eigenvalue weighted by Gasteiger charge is -2.39. The molecule has 1 fully saturated rings. The van der Waals surface area contributed by atoms with Crippen molar-refractivity contribution in [1.82, 2.24) is 0 Å². The van der Waals surface area contributed by atoms with Gasteiger partial charge in [0.25, 0.3) is 0 Å². The van der Waals surface area contributed by atoms with Gasteiger partial charge in [-0.3, -0.25) is 9.59 Å². The fraction of sp³-hybridized carbons (Fsp3) is 0.931. The van der Waals surface area contributed by atoms with Crippen LogP contribution in [0, 0.1) is 0 Å². The average molecular weight is 563 g/mol. The van der Waals surface area contributed by atoms with Crippen molar-refractivity contribution in [1.29, 1.82) is 0 Å². The molecule has 10 heteroatoms. The van der Waals surface area contributed by atoms with E-state index in [0.29, 0.717) is 12.8 Å². The van der Waals surface area contributed by atoms with Crippen LogP contribution in [0.3, 0.4) is 0 Å². The number of carbonyl (C=O) groups excluding carboxylic acids is 2. The molecule has 230 valence electrons. The van der Waals surface area contributed by atoms with Gasteiger partial charge in [-0.05, 0) is 12.8 Å². The third-order valence-electron chi connectivity index (χ3n) is 6.99. The molecule has 0 bridgehead atoms. The zero-order valence-corrected chi connectivity index (χ0v) is 24.1. The zero-order valence-electron chi connectivity index (χ0n) is 24.1. The molecule has 0 radical (unpaired) electrons. The Balaban J connectivity index is 2.44. The Kier molecular flexibility index (Phi) is 20.5. The van der Waals surface area contributed by atoms with E-state index in [1.165, 1.54) is 44.9 Å². The summed E-state index contributed by atoms with van der Waals surface area (Å²) >= 11 is 0. The van der Waals surface area contributed by atoms with E-state index in [9.17, 15) is 30.0 Å². The molecule has 0 spiro atoms. The molecule has 1 saturated heterocycles. The molecule has 0 unspecified atom stereocenters. The van der Waals surface area contributed by atoms with Crippen LogP contribution in [0.5, 0.6) is 0 Å². The first kappa shape index (κ1) is 35.7. The molecule has 10 nitrogen and oxygen atoms in total. The van der Waals surface area contributed by atoms with Crippen molar-refractivity contribution in [2.24, 2.45) is 0 Å². The molecule has 0 aromatic heterocycles. The minimum Gasteiger partial charge on any atom is -0.462 e. The van der Waals surface area contributed by atoms with Crippen LogP contribution in [0.15, 0.2) is 0 Å². The molecule has 0 aromatic rings. The number of hydrogen-bond acceptors (Lipinski definition) is 10. The summed E-state index contributed by atoms with van der Waals surface area (Å²) in [4.78, 5) is 24.5. The van der Waals surface area contributed by atoms with Crippen molar-refractivity contribution in [2.75, 3.05) is 19.8 Å². The van der Waals surface area contributed by atoms with Crippen molar-refractivity contribution in [3.05, 3.63) is 0 Å². The third-order valence-corrected chi connectivity index (χ3v) is 6.99. The van der Waals surface area contributed by atoms with Crippen LogP contribution in [0.25, 0.3) is 0 Å². The summed E-state index contributed by atoms with van der Waals surface area (Å²) in [7, 11) is 0. The van der Waals surface area contributed by atoms with E-state index in [0.717, 1.165) is 32.1 Å². The Morgan fingerprint density at radius 3 is 1.79 bits per heavy atom. The van der Waals surface area contributed by atoms with Crippen molar-refractivity contribution in [3.63, 3.8) is 0 Å². The summed E-state index contributed by atoms with van der Waals surface area (Å²) in [6, 6.07) is 0. The van der Waals surface area contributed by atoms with E-state index in [1.807, 2.05) is 6.92 Å². The van der Waals surface area contributed by atoms with Crippen molar-refractivity contribution in [2.45, 2.75) is 153 Å². The van der Waals surface area contributed by atoms with Crippen molar-refractivity contribution >= 4 is 11.9 Å². The first-order valence-corrected chi connectivity index (χ1v) is 15.1. The molecular formula is C29H54O10. The standard InChI is InChI=1S/C29H54O10/c1-3-5-7-8-9-10-11-12-13-14-16-18-25(32)38-22(20-36-24(31)17-15-6-4-2)21-37-29-28(35)27(34)26(33)23(19-30)39-29/h22-23,26-30,33-35H,3-21H2,1-2H3/t22-,23-,26+,27+,28-,29-/m1/s1. The largest absolute Gasteiger partial charge is 0.462 e. The molecule has 0 aliphatic carbocycles. The monoisotopic (exact) mass is 562 g/mol. The molecule has 0 aromatic carbocycles. The number of carbonyl (C=O) groups is 2. The number of unbranched alkanes of at least 4 members (excludes halogenated alkanes) is 12. The summed E-state index contributed by atoms with van der Waals surface area (Å²) in [5.74, 6) is -0.835. The predicted molar refractivity (Wildman–Crippen MR) is 146 cm³/mol. The minimum absolute atomic E-state index is 0.216. The molecule has 6 atom stereocenters. The summed E-state index contributed by atoms with van der Waals surface area (Å²) in [5.41, 5.74) is 0. The molecule has 1 heterocycles. The van der Waals surface area contributed by atoms with Gasteiger partial charge in [0.1, 0.15) is 31.0 Å². The number of rotatable bonds is 23. The smallest absolute Gasteiger partial charge is 0.306 e. The molecule has 1 rings (SSSR count). The Morgan fingerprint density at radius 1 is 0.692 bits per heavy atom. The maximum Gasteiger partial charge on any atom is 0.306 e. The second-order valence-corrected chi connectivity index (χ2v) is 10.6. The highest BCUT2D eigenvalue weighted by Crippen LogP contribution is 2.22. The molecule has 1 aliphatic heterocycles.